The minimum absolute atomic E-state index is 0.00265. The third-order valence-corrected chi connectivity index (χ3v) is 7.73. The average molecular weight is 579 g/mol. The van der Waals surface area contributed by atoms with Crippen LogP contribution in [0.4, 0.5) is 10.3 Å². The molecule has 5 aromatic rings. The standard InChI is InChI=1S/C28H24ClFN6O3S/c29-22-12-7-19(17-24(22)37)25-26(36-27(35-25)18-5-2-1-3-6-18)23-13-16-32-28(34-23)31-14-4-15-33-40(38,39)21-10-8-20(30)9-11-21/h1-3,5-13,16-17,33,37H,4,14-15H2,(H,35,36)(H,31,32,34). The number of aromatic nitrogens is 4. The predicted octanol–water partition coefficient (Wildman–Crippen LogP) is 5.48. The van der Waals surface area contributed by atoms with Crippen molar-refractivity contribution in [3.05, 3.63) is 95.9 Å². The molecule has 0 radical (unpaired) electrons. The Morgan fingerprint density at radius 2 is 1.70 bits per heavy atom. The number of aromatic hydroxyl groups is 1. The Labute approximate surface area is 235 Å². The highest BCUT2D eigenvalue weighted by Gasteiger charge is 2.18. The largest absolute Gasteiger partial charge is 0.506 e. The molecule has 12 heteroatoms. The molecule has 0 amide bonds. The van der Waals surface area contributed by atoms with Gasteiger partial charge in [-0.15, -0.1) is 0 Å². The van der Waals surface area contributed by atoms with E-state index >= 15 is 0 Å². The van der Waals surface area contributed by atoms with Crippen LogP contribution >= 0.6 is 11.6 Å². The van der Waals surface area contributed by atoms with Crippen molar-refractivity contribution < 1.29 is 17.9 Å². The zero-order valence-electron chi connectivity index (χ0n) is 21.0. The number of sulfonamides is 1. The van der Waals surface area contributed by atoms with Gasteiger partial charge in [0, 0.05) is 30.4 Å². The van der Waals surface area contributed by atoms with Gasteiger partial charge >= 0.3 is 0 Å². The van der Waals surface area contributed by atoms with E-state index in [1.165, 1.54) is 12.1 Å². The summed E-state index contributed by atoms with van der Waals surface area (Å²) in [5.74, 6) is 0.408. The van der Waals surface area contributed by atoms with Gasteiger partial charge in [-0.1, -0.05) is 48.0 Å². The fraction of sp³-hybridized carbons (Fsp3) is 0.107. The quantitative estimate of drug-likeness (QED) is 0.161. The number of hydrogen-bond donors (Lipinski definition) is 4. The van der Waals surface area contributed by atoms with Gasteiger partial charge in [0.15, 0.2) is 0 Å². The molecule has 0 saturated heterocycles. The predicted molar refractivity (Wildman–Crippen MR) is 152 cm³/mol. The molecule has 0 spiro atoms. The van der Waals surface area contributed by atoms with Gasteiger partial charge in [0.05, 0.1) is 27.0 Å². The van der Waals surface area contributed by atoms with Crippen LogP contribution in [0.25, 0.3) is 34.0 Å². The molecular formula is C28H24ClFN6O3S. The van der Waals surface area contributed by atoms with E-state index in [-0.39, 0.29) is 22.2 Å². The number of aromatic amines is 1. The SMILES string of the molecule is O=S(=O)(NCCCNc1nccc(-c2[nH]c(-c3ccccc3)nc2-c2ccc(Cl)c(O)c2)n1)c1ccc(F)cc1. The first kappa shape index (κ1) is 27.3. The molecule has 5 rings (SSSR count). The summed E-state index contributed by atoms with van der Waals surface area (Å²) in [7, 11) is -3.74. The molecular weight excluding hydrogens is 555 g/mol. The lowest BCUT2D eigenvalue weighted by molar-refractivity contribution is 0.476. The molecule has 0 atom stereocenters. The van der Waals surface area contributed by atoms with E-state index in [2.05, 4.69) is 25.0 Å². The number of nitrogens with one attached hydrogen (secondary N) is 3. The van der Waals surface area contributed by atoms with E-state index in [4.69, 9.17) is 16.6 Å². The third-order valence-electron chi connectivity index (χ3n) is 5.94. The first-order chi connectivity index (χ1) is 19.3. The maximum atomic E-state index is 13.1. The van der Waals surface area contributed by atoms with Crippen molar-refractivity contribution in [3.8, 4) is 39.8 Å². The van der Waals surface area contributed by atoms with Crippen LogP contribution in [0.3, 0.4) is 0 Å². The number of H-pyrrole nitrogens is 1. The van der Waals surface area contributed by atoms with Crippen LogP contribution in [-0.2, 0) is 10.0 Å². The minimum Gasteiger partial charge on any atom is -0.506 e. The molecule has 2 heterocycles. The number of nitrogens with zero attached hydrogens (tertiary/aromatic N) is 3. The summed E-state index contributed by atoms with van der Waals surface area (Å²) in [5.41, 5.74) is 3.29. The van der Waals surface area contributed by atoms with E-state index < -0.39 is 15.8 Å². The van der Waals surface area contributed by atoms with Crippen LogP contribution in [0.5, 0.6) is 5.75 Å². The fourth-order valence-corrected chi connectivity index (χ4v) is 5.13. The summed E-state index contributed by atoms with van der Waals surface area (Å²) in [6.45, 7) is 0.559. The summed E-state index contributed by atoms with van der Waals surface area (Å²) in [6.07, 6.45) is 2.06. The minimum atomic E-state index is -3.74. The summed E-state index contributed by atoms with van der Waals surface area (Å²) >= 11 is 6.02. The van der Waals surface area contributed by atoms with Crippen molar-refractivity contribution in [2.75, 3.05) is 18.4 Å². The molecule has 0 fully saturated rings. The van der Waals surface area contributed by atoms with E-state index in [1.54, 1.807) is 30.5 Å². The van der Waals surface area contributed by atoms with Crippen LogP contribution in [0, 0.1) is 5.82 Å². The van der Waals surface area contributed by atoms with Crippen LogP contribution in [-0.4, -0.2) is 46.5 Å². The summed E-state index contributed by atoms with van der Waals surface area (Å²) in [5, 5.41) is 13.5. The Morgan fingerprint density at radius 3 is 2.45 bits per heavy atom. The highest BCUT2D eigenvalue weighted by atomic mass is 35.5. The summed E-state index contributed by atoms with van der Waals surface area (Å²) in [6, 6.07) is 20.9. The maximum Gasteiger partial charge on any atom is 0.240 e. The highest BCUT2D eigenvalue weighted by Crippen LogP contribution is 2.35. The molecule has 9 nitrogen and oxygen atoms in total. The number of benzene rings is 3. The molecule has 204 valence electrons. The van der Waals surface area contributed by atoms with Crippen molar-refractivity contribution in [1.82, 2.24) is 24.7 Å². The Morgan fingerprint density at radius 1 is 0.925 bits per heavy atom. The summed E-state index contributed by atoms with van der Waals surface area (Å²) < 4.78 is 40.3. The van der Waals surface area contributed by atoms with E-state index in [9.17, 15) is 17.9 Å². The van der Waals surface area contributed by atoms with E-state index in [0.717, 1.165) is 17.7 Å². The second-order valence-corrected chi connectivity index (χ2v) is 10.9. The van der Waals surface area contributed by atoms with Crippen LogP contribution in [0.15, 0.2) is 90.0 Å². The molecule has 0 aliphatic heterocycles. The average Bonchev–Trinajstić information content (AvgIpc) is 3.41. The van der Waals surface area contributed by atoms with Gasteiger partial charge < -0.3 is 15.4 Å². The molecule has 0 bridgehead atoms. The second kappa shape index (κ2) is 11.8. The van der Waals surface area contributed by atoms with Crippen molar-refractivity contribution in [3.63, 3.8) is 0 Å². The van der Waals surface area contributed by atoms with Gasteiger partial charge in [0.25, 0.3) is 0 Å². The molecule has 0 unspecified atom stereocenters. The van der Waals surface area contributed by atoms with Crippen molar-refractivity contribution in [2.24, 2.45) is 0 Å². The number of anilines is 1. The molecule has 2 aromatic heterocycles. The van der Waals surface area contributed by atoms with Gasteiger partial charge in [-0.3, -0.25) is 0 Å². The van der Waals surface area contributed by atoms with Gasteiger partial charge in [-0.25, -0.2) is 32.5 Å². The smallest absolute Gasteiger partial charge is 0.240 e. The Bertz CT molecular complexity index is 1730. The zero-order valence-corrected chi connectivity index (χ0v) is 22.5. The monoisotopic (exact) mass is 578 g/mol. The number of halogens is 2. The summed E-state index contributed by atoms with van der Waals surface area (Å²) in [4.78, 5) is 17.0. The normalized spacial score (nSPS) is 11.4. The third kappa shape index (κ3) is 6.28. The van der Waals surface area contributed by atoms with E-state index in [1.807, 2.05) is 30.3 Å². The number of phenolic OH excluding ortho intramolecular Hbond substituents is 1. The Kier molecular flexibility index (Phi) is 8.06. The topological polar surface area (TPSA) is 133 Å². The lowest BCUT2D eigenvalue weighted by Crippen LogP contribution is -2.26. The number of hydrogen-bond acceptors (Lipinski definition) is 7. The highest BCUT2D eigenvalue weighted by molar-refractivity contribution is 7.89. The van der Waals surface area contributed by atoms with Crippen molar-refractivity contribution in [1.29, 1.82) is 0 Å². The second-order valence-electron chi connectivity index (χ2n) is 8.74. The number of rotatable bonds is 10. The van der Waals surface area contributed by atoms with Gasteiger partial charge in [0.2, 0.25) is 16.0 Å². The van der Waals surface area contributed by atoms with Gasteiger partial charge in [-0.05, 0) is 48.9 Å². The fourth-order valence-electron chi connectivity index (χ4n) is 3.94. The van der Waals surface area contributed by atoms with E-state index in [0.29, 0.717) is 47.4 Å². The molecule has 0 aliphatic carbocycles. The van der Waals surface area contributed by atoms with Crippen LogP contribution in [0.2, 0.25) is 5.02 Å². The lowest BCUT2D eigenvalue weighted by Gasteiger charge is -2.09. The maximum absolute atomic E-state index is 13.1. The van der Waals surface area contributed by atoms with Gasteiger partial charge in [-0.2, -0.15) is 0 Å². The Hall–Kier alpha value is -4.32. The van der Waals surface area contributed by atoms with Gasteiger partial charge in [0.1, 0.15) is 17.4 Å². The first-order valence-electron chi connectivity index (χ1n) is 12.3. The molecule has 0 aliphatic rings. The van der Waals surface area contributed by atoms with Crippen LogP contribution in [0.1, 0.15) is 6.42 Å². The van der Waals surface area contributed by atoms with Crippen molar-refractivity contribution in [2.45, 2.75) is 11.3 Å². The van der Waals surface area contributed by atoms with Crippen LogP contribution < -0.4 is 10.0 Å². The molecule has 40 heavy (non-hydrogen) atoms. The zero-order chi connectivity index (χ0) is 28.1. The number of phenols is 1. The number of imidazole rings is 1. The molecule has 4 N–H and O–H groups in total. The molecule has 0 saturated carbocycles. The molecule has 3 aromatic carbocycles. The Balaban J connectivity index is 1.32. The van der Waals surface area contributed by atoms with Crippen molar-refractivity contribution >= 4 is 27.6 Å². The lowest BCUT2D eigenvalue weighted by atomic mass is 10.1. The first-order valence-corrected chi connectivity index (χ1v) is 14.1.